The van der Waals surface area contributed by atoms with Crippen LogP contribution in [0.2, 0.25) is 0 Å². The van der Waals surface area contributed by atoms with Crippen molar-refractivity contribution >= 4 is 32.3 Å². The highest BCUT2D eigenvalue weighted by Crippen LogP contribution is 2.38. The Hall–Kier alpha value is -6.31. The summed E-state index contributed by atoms with van der Waals surface area (Å²) in [5.41, 5.74) is 11.3. The molecule has 9 aromatic rings. The largest absolute Gasteiger partial charge is 0.248 e. The summed E-state index contributed by atoms with van der Waals surface area (Å²) < 4.78 is 0. The van der Waals surface area contributed by atoms with Gasteiger partial charge < -0.3 is 0 Å². The van der Waals surface area contributed by atoms with Gasteiger partial charge in [0.05, 0.1) is 11.4 Å². The molecule has 1 aromatic heterocycles. The molecule has 8 aromatic carbocycles. The molecule has 0 aliphatic rings. The van der Waals surface area contributed by atoms with Gasteiger partial charge in [-0.05, 0) is 83.9 Å². The molecule has 0 amide bonds. The Morgan fingerprint density at radius 1 is 0.208 bits per heavy atom. The average Bonchev–Trinajstić information content (AvgIpc) is 3.18. The quantitative estimate of drug-likeness (QED) is 0.177. The Morgan fingerprint density at radius 3 is 1.00 bits per heavy atom. The molecule has 0 saturated carbocycles. The molecule has 48 heavy (non-hydrogen) atoms. The number of benzene rings is 8. The third-order valence-corrected chi connectivity index (χ3v) is 9.48. The molecule has 0 radical (unpaired) electrons. The van der Waals surface area contributed by atoms with Crippen molar-refractivity contribution in [2.24, 2.45) is 0 Å². The second-order valence-corrected chi connectivity index (χ2v) is 12.4. The fraction of sp³-hybridized carbons (Fsp3) is 0. The van der Waals surface area contributed by atoms with E-state index in [1.165, 1.54) is 60.1 Å². The zero-order chi connectivity index (χ0) is 31.9. The third kappa shape index (κ3) is 5.03. The van der Waals surface area contributed by atoms with Crippen molar-refractivity contribution in [3.05, 3.63) is 188 Å². The fourth-order valence-corrected chi connectivity index (χ4v) is 7.01. The van der Waals surface area contributed by atoms with Gasteiger partial charge in [-0.2, -0.15) is 0 Å². The van der Waals surface area contributed by atoms with Gasteiger partial charge in [-0.25, -0.2) is 4.98 Å². The van der Waals surface area contributed by atoms with Gasteiger partial charge in [0.25, 0.3) is 0 Å². The molecule has 0 aliphatic carbocycles. The van der Waals surface area contributed by atoms with Crippen molar-refractivity contribution < 1.29 is 0 Å². The Balaban J connectivity index is 1.05. The van der Waals surface area contributed by atoms with Crippen LogP contribution in [0.3, 0.4) is 0 Å². The number of hydrogen-bond acceptors (Lipinski definition) is 1. The molecular formula is C47H31N. The van der Waals surface area contributed by atoms with Crippen molar-refractivity contribution in [3.63, 3.8) is 0 Å². The molecule has 0 bridgehead atoms. The van der Waals surface area contributed by atoms with Gasteiger partial charge in [0.2, 0.25) is 0 Å². The molecular weight excluding hydrogens is 579 g/mol. The first-order valence-corrected chi connectivity index (χ1v) is 16.5. The lowest BCUT2D eigenvalue weighted by Crippen LogP contribution is -1.91. The number of nitrogens with zero attached hydrogens (tertiary/aromatic N) is 1. The van der Waals surface area contributed by atoms with Crippen LogP contribution in [0, 0.1) is 0 Å². The maximum atomic E-state index is 5.04. The number of fused-ring (bicyclic) bond motifs is 6. The van der Waals surface area contributed by atoms with Crippen LogP contribution in [0.1, 0.15) is 0 Å². The first-order valence-electron chi connectivity index (χ1n) is 16.5. The first kappa shape index (κ1) is 28.0. The van der Waals surface area contributed by atoms with Crippen molar-refractivity contribution in [1.29, 1.82) is 0 Å². The van der Waals surface area contributed by atoms with E-state index in [0.717, 1.165) is 28.1 Å². The van der Waals surface area contributed by atoms with Gasteiger partial charge in [0, 0.05) is 11.1 Å². The van der Waals surface area contributed by atoms with Crippen LogP contribution < -0.4 is 0 Å². The van der Waals surface area contributed by atoms with E-state index in [1.54, 1.807) is 0 Å². The SMILES string of the molecule is c1ccc(-c2cc(-c3ccc(-c4ccc(-c5ccc6c7ccccc7c7ccccc7c6c5)cc4)cc3)cc(-c3ccccc3)n2)cc1. The standard InChI is InChI=1S/C47H31N/c1-3-11-36(12-4-1)46-30-39(31-47(48-46)37-13-5-2-6-14-37)35-25-21-33(22-26-35)32-19-23-34(24-20-32)38-27-28-44-42-17-8-7-15-40(42)41-16-9-10-18-43(41)45(44)29-38/h1-31H. The predicted molar refractivity (Wildman–Crippen MR) is 204 cm³/mol. The van der Waals surface area contributed by atoms with Gasteiger partial charge in [-0.3, -0.25) is 0 Å². The highest BCUT2D eigenvalue weighted by Gasteiger charge is 2.11. The monoisotopic (exact) mass is 609 g/mol. The van der Waals surface area contributed by atoms with Gasteiger partial charge in [-0.15, -0.1) is 0 Å². The van der Waals surface area contributed by atoms with Crippen molar-refractivity contribution in [3.8, 4) is 55.9 Å². The minimum Gasteiger partial charge on any atom is -0.248 e. The van der Waals surface area contributed by atoms with Crippen molar-refractivity contribution in [2.45, 2.75) is 0 Å². The van der Waals surface area contributed by atoms with E-state index >= 15 is 0 Å². The molecule has 0 spiro atoms. The highest BCUT2D eigenvalue weighted by molar-refractivity contribution is 6.25. The predicted octanol–water partition coefficient (Wildman–Crippen LogP) is 12.9. The van der Waals surface area contributed by atoms with E-state index in [0.29, 0.717) is 0 Å². The van der Waals surface area contributed by atoms with E-state index in [9.17, 15) is 0 Å². The van der Waals surface area contributed by atoms with E-state index in [1.807, 2.05) is 12.1 Å². The van der Waals surface area contributed by atoms with Crippen LogP contribution in [-0.4, -0.2) is 4.98 Å². The minimum absolute atomic E-state index is 0.974. The summed E-state index contributed by atoms with van der Waals surface area (Å²) in [7, 11) is 0. The van der Waals surface area contributed by atoms with E-state index in [4.69, 9.17) is 4.98 Å². The number of pyridine rings is 1. The Morgan fingerprint density at radius 2 is 0.542 bits per heavy atom. The zero-order valence-corrected chi connectivity index (χ0v) is 26.3. The van der Waals surface area contributed by atoms with E-state index in [2.05, 4.69) is 176 Å². The molecule has 224 valence electrons. The third-order valence-electron chi connectivity index (χ3n) is 9.48. The van der Waals surface area contributed by atoms with Crippen molar-refractivity contribution in [1.82, 2.24) is 4.98 Å². The Kier molecular flexibility index (Phi) is 6.87. The smallest absolute Gasteiger partial charge is 0.0715 e. The van der Waals surface area contributed by atoms with Crippen LogP contribution in [0.4, 0.5) is 0 Å². The lowest BCUT2D eigenvalue weighted by molar-refractivity contribution is 1.32. The molecule has 0 aliphatic heterocycles. The van der Waals surface area contributed by atoms with Crippen LogP contribution in [0.25, 0.3) is 88.2 Å². The molecule has 0 N–H and O–H groups in total. The summed E-state index contributed by atoms with van der Waals surface area (Å²) in [6.07, 6.45) is 0. The van der Waals surface area contributed by atoms with Crippen LogP contribution in [-0.2, 0) is 0 Å². The van der Waals surface area contributed by atoms with Crippen LogP contribution >= 0.6 is 0 Å². The Bertz CT molecular complexity index is 2470. The lowest BCUT2D eigenvalue weighted by atomic mass is 9.91. The van der Waals surface area contributed by atoms with Crippen LogP contribution in [0.15, 0.2) is 188 Å². The molecule has 9 rings (SSSR count). The second-order valence-electron chi connectivity index (χ2n) is 12.4. The highest BCUT2D eigenvalue weighted by atomic mass is 14.7. The summed E-state index contributed by atoms with van der Waals surface area (Å²) in [5, 5.41) is 7.80. The van der Waals surface area contributed by atoms with E-state index in [-0.39, 0.29) is 0 Å². The average molecular weight is 610 g/mol. The number of aromatic nitrogens is 1. The molecule has 0 atom stereocenters. The normalized spacial score (nSPS) is 11.3. The molecule has 1 heteroatoms. The summed E-state index contributed by atoms with van der Waals surface area (Å²) in [4.78, 5) is 5.04. The van der Waals surface area contributed by atoms with E-state index < -0.39 is 0 Å². The molecule has 1 heterocycles. The summed E-state index contributed by atoms with van der Waals surface area (Å²) in [6, 6.07) is 67.5. The molecule has 0 fully saturated rings. The topological polar surface area (TPSA) is 12.9 Å². The summed E-state index contributed by atoms with van der Waals surface area (Å²) in [5.74, 6) is 0. The number of hydrogen-bond donors (Lipinski definition) is 0. The van der Waals surface area contributed by atoms with Crippen molar-refractivity contribution in [2.75, 3.05) is 0 Å². The maximum absolute atomic E-state index is 5.04. The number of rotatable bonds is 5. The lowest BCUT2D eigenvalue weighted by Gasteiger charge is -2.12. The van der Waals surface area contributed by atoms with Gasteiger partial charge in [0.1, 0.15) is 0 Å². The zero-order valence-electron chi connectivity index (χ0n) is 26.3. The summed E-state index contributed by atoms with van der Waals surface area (Å²) in [6.45, 7) is 0. The molecule has 0 saturated heterocycles. The maximum Gasteiger partial charge on any atom is 0.0715 e. The minimum atomic E-state index is 0.974. The second kappa shape index (κ2) is 11.8. The first-order chi connectivity index (χ1) is 23.8. The Labute approximate surface area is 280 Å². The van der Waals surface area contributed by atoms with Gasteiger partial charge in [0.15, 0.2) is 0 Å². The van der Waals surface area contributed by atoms with Gasteiger partial charge >= 0.3 is 0 Å². The van der Waals surface area contributed by atoms with Crippen LogP contribution in [0.5, 0.6) is 0 Å². The fourth-order valence-electron chi connectivity index (χ4n) is 7.01. The summed E-state index contributed by atoms with van der Waals surface area (Å²) >= 11 is 0. The van der Waals surface area contributed by atoms with Gasteiger partial charge in [-0.1, -0.05) is 170 Å². The molecule has 1 nitrogen and oxygen atoms in total. The molecule has 0 unspecified atom stereocenters.